The smallest absolute Gasteiger partial charge is 0.326 e. The van der Waals surface area contributed by atoms with Crippen molar-refractivity contribution in [2.75, 3.05) is 49.2 Å². The van der Waals surface area contributed by atoms with Crippen molar-refractivity contribution in [2.45, 2.75) is 67.3 Å². The Morgan fingerprint density at radius 3 is 2.68 bits per heavy atom. The van der Waals surface area contributed by atoms with Crippen molar-refractivity contribution in [2.24, 2.45) is 11.1 Å². The molecule has 4 aliphatic heterocycles. The van der Waals surface area contributed by atoms with Crippen molar-refractivity contribution >= 4 is 29.4 Å². The molecule has 1 unspecified atom stereocenters. The molecule has 0 radical (unpaired) electrons. The first-order chi connectivity index (χ1) is 18.1. The number of carbonyl (C=O) groups is 1. The summed E-state index contributed by atoms with van der Waals surface area (Å²) in [6, 6.07) is 1.65. The van der Waals surface area contributed by atoms with Gasteiger partial charge in [-0.15, -0.1) is 0 Å². The second-order valence-electron chi connectivity index (χ2n) is 11.5. The van der Waals surface area contributed by atoms with E-state index in [1.165, 1.54) is 11.8 Å². The lowest BCUT2D eigenvalue weighted by molar-refractivity contribution is 0.0513. The molecule has 204 valence electrons. The van der Waals surface area contributed by atoms with E-state index < -0.39 is 5.60 Å². The van der Waals surface area contributed by atoms with Crippen molar-refractivity contribution < 1.29 is 19.4 Å². The largest absolute Gasteiger partial charge is 0.486 e. The highest BCUT2D eigenvalue weighted by Gasteiger charge is 2.48. The van der Waals surface area contributed by atoms with Crippen LogP contribution in [0, 0.1) is 5.41 Å². The van der Waals surface area contributed by atoms with Crippen molar-refractivity contribution in [1.82, 2.24) is 19.9 Å². The number of piperidine rings is 1. The van der Waals surface area contributed by atoms with E-state index in [1.807, 2.05) is 12.3 Å². The molecule has 2 aromatic rings. The molecule has 0 aliphatic carbocycles. The number of nitrogens with zero attached hydrogens (tertiary/aromatic N) is 6. The van der Waals surface area contributed by atoms with Gasteiger partial charge in [-0.3, -0.25) is 4.90 Å². The molecule has 3 fully saturated rings. The molecule has 12 heteroatoms. The normalized spacial score (nSPS) is 26.5. The van der Waals surface area contributed by atoms with E-state index in [0.29, 0.717) is 24.7 Å². The van der Waals surface area contributed by atoms with Gasteiger partial charge in [0.1, 0.15) is 17.5 Å². The number of hydrogen-bond donors (Lipinski definition) is 2. The minimum Gasteiger partial charge on any atom is -0.486 e. The van der Waals surface area contributed by atoms with Crippen molar-refractivity contribution in [3.05, 3.63) is 24.7 Å². The highest BCUT2D eigenvalue weighted by Crippen LogP contribution is 2.44. The highest BCUT2D eigenvalue weighted by molar-refractivity contribution is 7.99. The second-order valence-corrected chi connectivity index (χ2v) is 12.5. The van der Waals surface area contributed by atoms with Gasteiger partial charge in [0.05, 0.1) is 48.2 Å². The third-order valence-electron chi connectivity index (χ3n) is 8.11. The maximum Gasteiger partial charge on any atom is 0.326 e. The SMILES string of the molecule is C[C@@H]1OCC2(CCN(c3cnc(Sc4ccnc5c4OCC4CN(CC(C)(C)O)C(=O)N54)cn3)CC2)[C@@H]1N. The molecule has 6 heterocycles. The Hall–Kier alpha value is -2.67. The number of hydrogen-bond acceptors (Lipinski definition) is 10. The molecule has 2 amide bonds. The van der Waals surface area contributed by atoms with Gasteiger partial charge in [0.15, 0.2) is 11.6 Å². The van der Waals surface area contributed by atoms with E-state index in [2.05, 4.69) is 21.8 Å². The number of ether oxygens (including phenoxy) is 2. The number of carbonyl (C=O) groups excluding carboxylic acids is 1. The van der Waals surface area contributed by atoms with E-state index in [1.54, 1.807) is 36.0 Å². The number of fused-ring (bicyclic) bond motifs is 3. The van der Waals surface area contributed by atoms with Crippen molar-refractivity contribution in [3.63, 3.8) is 0 Å². The van der Waals surface area contributed by atoms with Crippen LogP contribution in [-0.4, -0.2) is 94.2 Å². The highest BCUT2D eigenvalue weighted by atomic mass is 32.2. The summed E-state index contributed by atoms with van der Waals surface area (Å²) >= 11 is 1.44. The second kappa shape index (κ2) is 9.51. The lowest BCUT2D eigenvalue weighted by Gasteiger charge is -2.41. The van der Waals surface area contributed by atoms with Gasteiger partial charge < -0.3 is 30.1 Å². The molecule has 38 heavy (non-hydrogen) atoms. The van der Waals surface area contributed by atoms with E-state index in [4.69, 9.17) is 20.2 Å². The van der Waals surface area contributed by atoms with Crippen LogP contribution >= 0.6 is 11.8 Å². The average Bonchev–Trinajstić information content (AvgIpc) is 3.35. The topological polar surface area (TPSA) is 130 Å². The number of urea groups is 1. The molecular formula is C26H35N7O4S. The molecule has 0 bridgehead atoms. The summed E-state index contributed by atoms with van der Waals surface area (Å²) in [5, 5.41) is 10.9. The number of nitrogens with two attached hydrogens (primary N) is 1. The zero-order valence-electron chi connectivity index (χ0n) is 22.0. The summed E-state index contributed by atoms with van der Waals surface area (Å²) in [6.45, 7) is 9.07. The molecule has 3 atom stereocenters. The van der Waals surface area contributed by atoms with Gasteiger partial charge in [0.2, 0.25) is 0 Å². The Labute approximate surface area is 226 Å². The van der Waals surface area contributed by atoms with E-state index in [9.17, 15) is 9.90 Å². The quantitative estimate of drug-likeness (QED) is 0.581. The van der Waals surface area contributed by atoms with Gasteiger partial charge in [-0.1, -0.05) is 11.8 Å². The summed E-state index contributed by atoms with van der Waals surface area (Å²) in [5.41, 5.74) is 5.55. The molecule has 6 rings (SSSR count). The first-order valence-corrected chi connectivity index (χ1v) is 14.0. The van der Waals surface area contributed by atoms with Gasteiger partial charge in [0, 0.05) is 37.3 Å². The van der Waals surface area contributed by atoms with Crippen LogP contribution < -0.4 is 20.3 Å². The van der Waals surface area contributed by atoms with E-state index >= 15 is 0 Å². The minimum absolute atomic E-state index is 0.0701. The Bertz CT molecular complexity index is 1200. The van der Waals surface area contributed by atoms with Crippen LogP contribution in [0.2, 0.25) is 0 Å². The Balaban J connectivity index is 1.14. The van der Waals surface area contributed by atoms with Crippen LogP contribution in [0.3, 0.4) is 0 Å². The lowest BCUT2D eigenvalue weighted by atomic mass is 9.73. The van der Waals surface area contributed by atoms with Gasteiger partial charge >= 0.3 is 6.03 Å². The summed E-state index contributed by atoms with van der Waals surface area (Å²) < 4.78 is 11.9. The summed E-state index contributed by atoms with van der Waals surface area (Å²) in [5.74, 6) is 1.93. The Morgan fingerprint density at radius 2 is 2.03 bits per heavy atom. The third kappa shape index (κ3) is 4.57. The zero-order valence-corrected chi connectivity index (χ0v) is 22.9. The van der Waals surface area contributed by atoms with E-state index in [-0.39, 0.29) is 36.2 Å². The van der Waals surface area contributed by atoms with Crippen LogP contribution in [0.5, 0.6) is 5.75 Å². The van der Waals surface area contributed by atoms with Gasteiger partial charge in [-0.05, 0) is 39.7 Å². The van der Waals surface area contributed by atoms with Crippen LogP contribution in [0.15, 0.2) is 34.6 Å². The maximum absolute atomic E-state index is 13.2. The fraction of sp³-hybridized carbons (Fsp3) is 0.615. The molecule has 0 saturated carbocycles. The third-order valence-corrected chi connectivity index (χ3v) is 9.07. The number of aromatic nitrogens is 3. The van der Waals surface area contributed by atoms with Crippen LogP contribution in [0.25, 0.3) is 0 Å². The number of rotatable bonds is 5. The maximum atomic E-state index is 13.2. The van der Waals surface area contributed by atoms with Gasteiger partial charge in [-0.25, -0.2) is 19.7 Å². The first-order valence-electron chi connectivity index (χ1n) is 13.2. The molecule has 3 saturated heterocycles. The van der Waals surface area contributed by atoms with Crippen LogP contribution in [0.1, 0.15) is 33.6 Å². The van der Waals surface area contributed by atoms with Crippen molar-refractivity contribution in [3.8, 4) is 5.75 Å². The lowest BCUT2D eigenvalue weighted by Crippen LogP contribution is -2.50. The van der Waals surface area contributed by atoms with Gasteiger partial charge in [-0.2, -0.15) is 0 Å². The standard InChI is InChI=1S/C26H35N7O4S/c1-16-22(27)26(15-37-16)5-8-31(9-6-26)19-10-30-20(11-29-19)38-18-4-7-28-23-21(18)36-13-17-12-32(14-25(2,3)35)24(34)33(17)23/h4,7,10-11,16-17,22,35H,5-6,8-9,12-15,27H2,1-3H3/t16-,17?,22+/m0/s1. The zero-order chi connectivity index (χ0) is 26.7. The van der Waals surface area contributed by atoms with Gasteiger partial charge in [0.25, 0.3) is 0 Å². The number of anilines is 2. The fourth-order valence-electron chi connectivity index (χ4n) is 5.99. The van der Waals surface area contributed by atoms with Crippen LogP contribution in [-0.2, 0) is 4.74 Å². The monoisotopic (exact) mass is 541 g/mol. The predicted molar refractivity (Wildman–Crippen MR) is 143 cm³/mol. The van der Waals surface area contributed by atoms with Crippen molar-refractivity contribution in [1.29, 1.82) is 0 Å². The number of pyridine rings is 1. The molecule has 1 spiro atoms. The molecule has 3 N–H and O–H groups in total. The van der Waals surface area contributed by atoms with Crippen LogP contribution in [0.4, 0.5) is 16.4 Å². The first kappa shape index (κ1) is 25.6. The molecule has 0 aromatic carbocycles. The number of aliphatic hydroxyl groups is 1. The minimum atomic E-state index is -0.976. The summed E-state index contributed by atoms with van der Waals surface area (Å²) in [7, 11) is 0. The summed E-state index contributed by atoms with van der Waals surface area (Å²) in [4.78, 5) is 33.4. The average molecular weight is 542 g/mol. The molecule has 4 aliphatic rings. The van der Waals surface area contributed by atoms with E-state index in [0.717, 1.165) is 48.3 Å². The number of amides is 2. The Morgan fingerprint density at radius 1 is 1.24 bits per heavy atom. The number of β-amino-alcohol motifs (C(OH)–C–C–N with tert-alkyl or cyclic N) is 1. The fourth-order valence-corrected chi connectivity index (χ4v) is 6.80. The molecule has 2 aromatic heterocycles. The summed E-state index contributed by atoms with van der Waals surface area (Å²) in [6.07, 6.45) is 7.36. The molecular weight excluding hydrogens is 506 g/mol. The molecule has 11 nitrogen and oxygen atoms in total. The predicted octanol–water partition coefficient (Wildman–Crippen LogP) is 2.13. The Kier molecular flexibility index (Phi) is 6.41.